The first-order valence-electron chi connectivity index (χ1n) is 11.3. The first kappa shape index (κ1) is 23.3. The summed E-state index contributed by atoms with van der Waals surface area (Å²) >= 11 is 0. The molecule has 5 rings (SSSR count). The number of hydrogen-bond donors (Lipinski definition) is 2. The van der Waals surface area contributed by atoms with Crippen molar-refractivity contribution in [3.8, 4) is 11.4 Å². The minimum absolute atomic E-state index is 0.0147. The summed E-state index contributed by atoms with van der Waals surface area (Å²) in [6, 6.07) is 3.91. The van der Waals surface area contributed by atoms with Crippen molar-refractivity contribution in [3.05, 3.63) is 54.0 Å². The molecule has 3 aromatic rings. The number of hydrogen-bond acceptors (Lipinski definition) is 7. The highest BCUT2D eigenvalue weighted by atomic mass is 16.3. The van der Waals surface area contributed by atoms with Gasteiger partial charge in [0.05, 0.1) is 12.2 Å². The average molecular weight is 464 g/mol. The van der Waals surface area contributed by atoms with Gasteiger partial charge in [-0.15, -0.1) is 0 Å². The number of aromatic nitrogens is 5. The Balaban J connectivity index is 0.000000868. The van der Waals surface area contributed by atoms with Gasteiger partial charge in [0.2, 0.25) is 5.91 Å². The number of imidazole rings is 1. The van der Waals surface area contributed by atoms with Crippen LogP contribution in [0.15, 0.2) is 36.9 Å². The van der Waals surface area contributed by atoms with Crippen LogP contribution in [0, 0.1) is 0 Å². The third-order valence-electron chi connectivity index (χ3n) is 6.78. The molecule has 0 radical (unpaired) electrons. The van der Waals surface area contributed by atoms with Crippen LogP contribution in [0.2, 0.25) is 0 Å². The number of anilines is 1. The molecule has 10 heteroatoms. The van der Waals surface area contributed by atoms with E-state index in [0.717, 1.165) is 61.7 Å². The van der Waals surface area contributed by atoms with Gasteiger partial charge < -0.3 is 19.9 Å². The standard InChI is InChI=1S/C23H27N7O.CH2O2/c1-16(31)30-11-7-23(8-12-30)6-5-18-20(23)27-21(17-4-3-9-24-14-17)28-22(18)26-15-19-25-10-13-29(19)2;2-1-3/h3-4,9-10,13-14H,5-8,11-12,15H2,1-2H3,(H,26,27,28);1H,(H,2,3). The van der Waals surface area contributed by atoms with Gasteiger partial charge in [0.25, 0.3) is 6.47 Å². The Bertz CT molecular complexity index is 1150. The molecule has 0 unspecified atom stereocenters. The van der Waals surface area contributed by atoms with Crippen molar-refractivity contribution in [1.82, 2.24) is 29.4 Å². The lowest BCUT2D eigenvalue weighted by molar-refractivity contribution is -0.130. The smallest absolute Gasteiger partial charge is 0.290 e. The maximum absolute atomic E-state index is 11.8. The third-order valence-corrected chi connectivity index (χ3v) is 6.78. The molecule has 1 amide bonds. The Hall–Kier alpha value is -3.82. The first-order chi connectivity index (χ1) is 16.5. The molecule has 34 heavy (non-hydrogen) atoms. The van der Waals surface area contributed by atoms with E-state index in [1.807, 2.05) is 41.0 Å². The monoisotopic (exact) mass is 463 g/mol. The predicted octanol–water partition coefficient (Wildman–Crippen LogP) is 2.41. The van der Waals surface area contributed by atoms with Crippen LogP contribution in [-0.2, 0) is 35.0 Å². The number of rotatable bonds is 4. The molecular weight excluding hydrogens is 434 g/mol. The highest BCUT2D eigenvalue weighted by Gasteiger charge is 2.44. The molecule has 0 atom stereocenters. The molecule has 0 bridgehead atoms. The van der Waals surface area contributed by atoms with E-state index < -0.39 is 0 Å². The number of likely N-dealkylation sites (tertiary alicyclic amines) is 1. The average Bonchev–Trinajstić information content (AvgIpc) is 3.42. The van der Waals surface area contributed by atoms with Crippen LogP contribution in [0.25, 0.3) is 11.4 Å². The van der Waals surface area contributed by atoms with Crippen molar-refractivity contribution in [2.45, 2.75) is 44.6 Å². The maximum Gasteiger partial charge on any atom is 0.290 e. The van der Waals surface area contributed by atoms with Crippen LogP contribution in [0.3, 0.4) is 0 Å². The molecule has 1 saturated heterocycles. The summed E-state index contributed by atoms with van der Waals surface area (Å²) in [7, 11) is 1.99. The fourth-order valence-corrected chi connectivity index (χ4v) is 4.88. The molecular formula is C24H29N7O3. The van der Waals surface area contributed by atoms with Crippen molar-refractivity contribution >= 4 is 18.2 Å². The Morgan fingerprint density at radius 2 is 2.00 bits per heavy atom. The summed E-state index contributed by atoms with van der Waals surface area (Å²) in [6.45, 7) is 3.58. The molecule has 3 aromatic heterocycles. The summed E-state index contributed by atoms with van der Waals surface area (Å²) < 4.78 is 2.01. The molecule has 4 heterocycles. The van der Waals surface area contributed by atoms with Gasteiger partial charge >= 0.3 is 0 Å². The molecule has 10 nitrogen and oxygen atoms in total. The van der Waals surface area contributed by atoms with E-state index >= 15 is 0 Å². The van der Waals surface area contributed by atoms with E-state index in [1.165, 1.54) is 5.56 Å². The number of nitrogens with zero attached hydrogens (tertiary/aromatic N) is 6. The van der Waals surface area contributed by atoms with Gasteiger partial charge in [0.1, 0.15) is 11.6 Å². The predicted molar refractivity (Wildman–Crippen MR) is 126 cm³/mol. The Morgan fingerprint density at radius 1 is 1.24 bits per heavy atom. The first-order valence-corrected chi connectivity index (χ1v) is 11.3. The normalized spacial score (nSPS) is 15.9. The topological polar surface area (TPSA) is 126 Å². The molecule has 1 aliphatic carbocycles. The number of carboxylic acid groups (broad SMARTS) is 1. The van der Waals surface area contributed by atoms with Crippen LogP contribution in [0.4, 0.5) is 5.82 Å². The summed E-state index contributed by atoms with van der Waals surface area (Å²) in [4.78, 5) is 40.8. The van der Waals surface area contributed by atoms with Crippen molar-refractivity contribution in [2.75, 3.05) is 18.4 Å². The van der Waals surface area contributed by atoms with E-state index in [9.17, 15) is 4.79 Å². The lowest BCUT2D eigenvalue weighted by Crippen LogP contribution is -2.43. The molecule has 1 aliphatic heterocycles. The summed E-state index contributed by atoms with van der Waals surface area (Å²) in [5.74, 6) is 2.70. The van der Waals surface area contributed by atoms with Crippen LogP contribution in [-0.4, -0.2) is 60.0 Å². The van der Waals surface area contributed by atoms with Gasteiger partial charge in [-0.1, -0.05) is 0 Å². The van der Waals surface area contributed by atoms with Gasteiger partial charge in [-0.3, -0.25) is 14.6 Å². The minimum atomic E-state index is -0.250. The molecule has 2 N–H and O–H groups in total. The Kier molecular flexibility index (Phi) is 6.85. The summed E-state index contributed by atoms with van der Waals surface area (Å²) in [6.07, 6.45) is 11.2. The van der Waals surface area contributed by atoms with Gasteiger partial charge in [0, 0.05) is 68.4 Å². The van der Waals surface area contributed by atoms with Gasteiger partial charge in [-0.05, 0) is 37.8 Å². The fourth-order valence-electron chi connectivity index (χ4n) is 4.88. The van der Waals surface area contributed by atoms with E-state index in [4.69, 9.17) is 19.9 Å². The van der Waals surface area contributed by atoms with Gasteiger partial charge in [0.15, 0.2) is 5.82 Å². The third kappa shape index (κ3) is 4.61. The van der Waals surface area contributed by atoms with Crippen molar-refractivity contribution in [2.24, 2.45) is 7.05 Å². The number of aryl methyl sites for hydroxylation is 1. The zero-order valence-electron chi connectivity index (χ0n) is 19.4. The second-order valence-corrected chi connectivity index (χ2v) is 8.66. The van der Waals surface area contributed by atoms with Crippen LogP contribution in [0.5, 0.6) is 0 Å². The maximum atomic E-state index is 11.8. The SMILES string of the molecule is CC(=O)N1CCC2(CCc3c(NCc4nccn4C)nc(-c4cccnc4)nc32)CC1.O=CO. The van der Waals surface area contributed by atoms with Crippen LogP contribution >= 0.6 is 0 Å². The van der Waals surface area contributed by atoms with E-state index in [2.05, 4.69) is 15.3 Å². The zero-order valence-corrected chi connectivity index (χ0v) is 19.4. The molecule has 2 aliphatic rings. The minimum Gasteiger partial charge on any atom is -0.483 e. The highest BCUT2D eigenvalue weighted by molar-refractivity contribution is 5.73. The highest BCUT2D eigenvalue weighted by Crippen LogP contribution is 2.47. The molecule has 178 valence electrons. The quantitative estimate of drug-likeness (QED) is 0.565. The number of amides is 1. The van der Waals surface area contributed by atoms with Crippen molar-refractivity contribution in [3.63, 3.8) is 0 Å². The number of nitrogens with one attached hydrogen (secondary N) is 1. The van der Waals surface area contributed by atoms with E-state index in [-0.39, 0.29) is 17.8 Å². The van der Waals surface area contributed by atoms with Gasteiger partial charge in [-0.2, -0.15) is 0 Å². The molecule has 0 saturated carbocycles. The van der Waals surface area contributed by atoms with E-state index in [1.54, 1.807) is 19.3 Å². The lowest BCUT2D eigenvalue weighted by Gasteiger charge is -2.39. The summed E-state index contributed by atoms with van der Waals surface area (Å²) in [5.41, 5.74) is 3.28. The van der Waals surface area contributed by atoms with Crippen LogP contribution < -0.4 is 5.32 Å². The second-order valence-electron chi connectivity index (χ2n) is 8.66. The zero-order chi connectivity index (χ0) is 24.1. The number of piperidine rings is 1. The molecule has 1 spiro atoms. The number of carbonyl (C=O) groups is 2. The summed E-state index contributed by atoms with van der Waals surface area (Å²) in [5, 5.41) is 10.4. The van der Waals surface area contributed by atoms with Crippen molar-refractivity contribution < 1.29 is 14.7 Å². The Morgan fingerprint density at radius 3 is 2.62 bits per heavy atom. The lowest BCUT2D eigenvalue weighted by atomic mass is 9.76. The fraction of sp³-hybridized carbons (Fsp3) is 0.417. The molecule has 1 fully saturated rings. The molecule has 0 aromatic carbocycles. The van der Waals surface area contributed by atoms with E-state index in [0.29, 0.717) is 12.4 Å². The number of pyridine rings is 1. The van der Waals surface area contributed by atoms with Crippen molar-refractivity contribution in [1.29, 1.82) is 0 Å². The number of carbonyl (C=O) groups excluding carboxylic acids is 1. The Labute approximate surface area is 198 Å². The van der Waals surface area contributed by atoms with Crippen LogP contribution in [0.1, 0.15) is 43.3 Å². The largest absolute Gasteiger partial charge is 0.483 e. The number of fused-ring (bicyclic) bond motifs is 2. The van der Waals surface area contributed by atoms with Gasteiger partial charge in [-0.25, -0.2) is 15.0 Å². The second kappa shape index (κ2) is 9.98.